The molecule has 1 aliphatic heterocycles. The number of hydrogen-bond acceptors (Lipinski definition) is 5. The highest BCUT2D eigenvalue weighted by molar-refractivity contribution is 6.07. The molecule has 0 aliphatic carbocycles. The molecule has 0 saturated carbocycles. The van der Waals surface area contributed by atoms with Gasteiger partial charge in [-0.1, -0.05) is 6.07 Å². The lowest BCUT2D eigenvalue weighted by molar-refractivity contribution is 0.0958. The summed E-state index contributed by atoms with van der Waals surface area (Å²) < 4.78 is 57.3. The zero-order valence-corrected chi connectivity index (χ0v) is 21.4. The molecule has 1 aromatic heterocycles. The van der Waals surface area contributed by atoms with Crippen molar-refractivity contribution in [3.05, 3.63) is 81.3 Å². The van der Waals surface area contributed by atoms with E-state index in [1.165, 1.54) is 31.3 Å². The summed E-state index contributed by atoms with van der Waals surface area (Å²) in [4.78, 5) is 42.8. The first-order chi connectivity index (χ1) is 18.5. The van der Waals surface area contributed by atoms with Gasteiger partial charge in [-0.25, -0.2) is 17.6 Å². The number of alkyl halides is 2. The van der Waals surface area contributed by atoms with Gasteiger partial charge in [-0.2, -0.15) is 0 Å². The molecule has 12 heteroatoms. The fourth-order valence-electron chi connectivity index (χ4n) is 4.47. The third-order valence-electron chi connectivity index (χ3n) is 6.82. The Balaban J connectivity index is 1.80. The predicted molar refractivity (Wildman–Crippen MR) is 139 cm³/mol. The van der Waals surface area contributed by atoms with Gasteiger partial charge in [0.15, 0.2) is 0 Å². The molecule has 1 aliphatic rings. The molecular weight excluding hydrogens is 518 g/mol. The number of nitrogens with one attached hydrogen (secondary N) is 3. The average Bonchev–Trinajstić information content (AvgIpc) is 2.90. The highest BCUT2D eigenvalue weighted by atomic mass is 19.3. The average molecular weight is 546 g/mol. The van der Waals surface area contributed by atoms with Gasteiger partial charge in [0.05, 0.1) is 22.5 Å². The third-order valence-corrected chi connectivity index (χ3v) is 6.82. The minimum absolute atomic E-state index is 0.0749. The topological polar surface area (TPSA) is 97.5 Å². The molecule has 3 N–H and O–H groups in total. The Morgan fingerprint density at radius 2 is 1.77 bits per heavy atom. The van der Waals surface area contributed by atoms with Crippen LogP contribution in [0.5, 0.6) is 0 Å². The van der Waals surface area contributed by atoms with Gasteiger partial charge in [0.2, 0.25) is 5.56 Å². The second-order valence-electron chi connectivity index (χ2n) is 9.32. The van der Waals surface area contributed by atoms with Gasteiger partial charge < -0.3 is 25.4 Å². The maximum Gasteiger partial charge on any atom is 0.264 e. The summed E-state index contributed by atoms with van der Waals surface area (Å²) in [6.07, 6.45) is -2.19. The standard InChI is InChI=1S/C27H27F4N5O3/c1-14-13-36(7-6-35(14)3)23-11-21(29)17(15-4-5-16(20(28)8-15)26(38)32-2)9-22(23)34-27(39)19-12-33-24(37)10-18(19)25(30)31/h4-5,8-12,14,25H,6-7,13H2,1-3H3,(H,32,38)(H,33,37)(H,34,39)/t14-/m1/s1. The van der Waals surface area contributed by atoms with Crippen LogP contribution in [0.1, 0.15) is 39.6 Å². The Labute approximate surface area is 221 Å². The van der Waals surface area contributed by atoms with E-state index in [0.717, 1.165) is 12.3 Å². The van der Waals surface area contributed by atoms with Crippen LogP contribution in [0, 0.1) is 11.6 Å². The van der Waals surface area contributed by atoms with Gasteiger partial charge in [-0.05, 0) is 43.8 Å². The smallest absolute Gasteiger partial charge is 0.264 e. The molecule has 2 aromatic carbocycles. The molecule has 39 heavy (non-hydrogen) atoms. The summed E-state index contributed by atoms with van der Waals surface area (Å²) in [6.45, 7) is 3.63. The first-order valence-electron chi connectivity index (χ1n) is 12.1. The van der Waals surface area contributed by atoms with Gasteiger partial charge in [-0.15, -0.1) is 0 Å². The van der Waals surface area contributed by atoms with E-state index in [9.17, 15) is 27.6 Å². The quantitative estimate of drug-likeness (QED) is 0.407. The van der Waals surface area contributed by atoms with Crippen LogP contribution < -0.4 is 21.1 Å². The maximum absolute atomic E-state index is 15.5. The van der Waals surface area contributed by atoms with Crippen LogP contribution in [-0.4, -0.2) is 61.5 Å². The molecule has 0 bridgehead atoms. The summed E-state index contributed by atoms with van der Waals surface area (Å²) in [6, 6.07) is 6.83. The van der Waals surface area contributed by atoms with Crippen LogP contribution in [0.4, 0.5) is 28.9 Å². The molecule has 2 amide bonds. The van der Waals surface area contributed by atoms with E-state index in [-0.39, 0.29) is 28.4 Å². The van der Waals surface area contributed by atoms with Crippen LogP contribution >= 0.6 is 0 Å². The number of benzene rings is 2. The van der Waals surface area contributed by atoms with Gasteiger partial charge in [0.1, 0.15) is 11.6 Å². The third kappa shape index (κ3) is 5.80. The van der Waals surface area contributed by atoms with E-state index in [0.29, 0.717) is 31.4 Å². The number of rotatable bonds is 6. The van der Waals surface area contributed by atoms with Crippen LogP contribution in [0.3, 0.4) is 0 Å². The zero-order chi connectivity index (χ0) is 28.4. The molecule has 4 rings (SSSR count). The zero-order valence-electron chi connectivity index (χ0n) is 21.4. The van der Waals surface area contributed by atoms with Crippen molar-refractivity contribution in [3.8, 4) is 11.1 Å². The molecule has 206 valence electrons. The molecule has 1 atom stereocenters. The molecule has 1 saturated heterocycles. The maximum atomic E-state index is 15.5. The summed E-state index contributed by atoms with van der Waals surface area (Å²) >= 11 is 0. The van der Waals surface area contributed by atoms with E-state index in [1.54, 1.807) is 0 Å². The van der Waals surface area contributed by atoms with E-state index in [4.69, 9.17) is 0 Å². The molecule has 0 unspecified atom stereocenters. The number of H-pyrrole nitrogens is 1. The number of amides is 2. The van der Waals surface area contributed by atoms with E-state index < -0.39 is 46.6 Å². The Morgan fingerprint density at radius 1 is 1.03 bits per heavy atom. The van der Waals surface area contributed by atoms with Crippen LogP contribution in [0.25, 0.3) is 11.1 Å². The Bertz CT molecular complexity index is 1480. The Morgan fingerprint density at radius 3 is 2.41 bits per heavy atom. The van der Waals surface area contributed by atoms with Crippen molar-refractivity contribution >= 4 is 23.2 Å². The van der Waals surface area contributed by atoms with Crippen molar-refractivity contribution in [3.63, 3.8) is 0 Å². The fraction of sp³-hybridized carbons (Fsp3) is 0.296. The van der Waals surface area contributed by atoms with Gasteiger partial charge >= 0.3 is 0 Å². The highest BCUT2D eigenvalue weighted by Gasteiger charge is 2.26. The summed E-state index contributed by atoms with van der Waals surface area (Å²) in [5, 5.41) is 4.90. The Kier molecular flexibility index (Phi) is 8.05. The molecule has 0 radical (unpaired) electrons. The highest BCUT2D eigenvalue weighted by Crippen LogP contribution is 2.36. The monoisotopic (exact) mass is 545 g/mol. The van der Waals surface area contributed by atoms with Crippen molar-refractivity contribution in [2.45, 2.75) is 19.4 Å². The van der Waals surface area contributed by atoms with E-state index in [2.05, 4.69) is 20.5 Å². The number of halogens is 4. The normalized spacial score (nSPS) is 15.9. The molecule has 8 nitrogen and oxygen atoms in total. The van der Waals surface area contributed by atoms with Crippen molar-refractivity contribution < 1.29 is 27.2 Å². The number of carbonyl (C=O) groups excluding carboxylic acids is 2. The minimum atomic E-state index is -3.09. The van der Waals surface area contributed by atoms with E-state index >= 15 is 4.39 Å². The minimum Gasteiger partial charge on any atom is -0.367 e. The van der Waals surface area contributed by atoms with Gasteiger partial charge in [-0.3, -0.25) is 14.4 Å². The van der Waals surface area contributed by atoms with E-state index in [1.807, 2.05) is 18.9 Å². The predicted octanol–water partition coefficient (Wildman–Crippen LogP) is 4.01. The number of aromatic nitrogens is 1. The number of aromatic amines is 1. The van der Waals surface area contributed by atoms with Gasteiger partial charge in [0, 0.05) is 56.1 Å². The number of piperazine rings is 1. The molecule has 0 spiro atoms. The van der Waals surface area contributed by atoms with Crippen LogP contribution in [0.2, 0.25) is 0 Å². The number of carbonyl (C=O) groups is 2. The first kappa shape index (κ1) is 27.8. The lowest BCUT2D eigenvalue weighted by atomic mass is 10.00. The van der Waals surface area contributed by atoms with Gasteiger partial charge in [0.25, 0.3) is 18.2 Å². The lowest BCUT2D eigenvalue weighted by Crippen LogP contribution is -2.50. The Hall–Kier alpha value is -4.19. The summed E-state index contributed by atoms with van der Waals surface area (Å²) in [7, 11) is 3.30. The lowest BCUT2D eigenvalue weighted by Gasteiger charge is -2.39. The second kappa shape index (κ2) is 11.3. The number of anilines is 2. The molecule has 2 heterocycles. The molecule has 1 fully saturated rings. The summed E-state index contributed by atoms with van der Waals surface area (Å²) in [5.74, 6) is -3.17. The van der Waals surface area contributed by atoms with Crippen molar-refractivity contribution in [2.75, 3.05) is 43.9 Å². The second-order valence-corrected chi connectivity index (χ2v) is 9.32. The number of hydrogen-bond donors (Lipinski definition) is 3. The van der Waals surface area contributed by atoms with Crippen LogP contribution in [0.15, 0.2) is 47.4 Å². The molecular formula is C27H27F4N5O3. The van der Waals surface area contributed by atoms with Crippen molar-refractivity contribution in [1.82, 2.24) is 15.2 Å². The number of pyridine rings is 1. The van der Waals surface area contributed by atoms with Crippen LogP contribution in [-0.2, 0) is 0 Å². The number of nitrogens with zero attached hydrogens (tertiary/aromatic N) is 2. The fourth-order valence-corrected chi connectivity index (χ4v) is 4.47. The number of likely N-dealkylation sites (N-methyl/N-ethyl adjacent to an activating group) is 1. The largest absolute Gasteiger partial charge is 0.367 e. The summed E-state index contributed by atoms with van der Waals surface area (Å²) in [5.41, 5.74) is -1.77. The first-order valence-corrected chi connectivity index (χ1v) is 12.1. The SMILES string of the molecule is CNC(=O)c1ccc(-c2cc(NC(=O)c3c[nH]c(=O)cc3C(F)F)c(N3CCN(C)[C@H](C)C3)cc2F)cc1F. The van der Waals surface area contributed by atoms with Crippen molar-refractivity contribution in [2.24, 2.45) is 0 Å². The molecule has 3 aromatic rings. The van der Waals surface area contributed by atoms with Crippen molar-refractivity contribution in [1.29, 1.82) is 0 Å².